The molecule has 5 heteroatoms. The predicted molar refractivity (Wildman–Crippen MR) is 73.1 cm³/mol. The molecule has 2 aromatic carbocycles. The third-order valence-electron chi connectivity index (χ3n) is 2.61. The molecule has 0 aliphatic heterocycles. The Morgan fingerprint density at radius 3 is 2.53 bits per heavy atom. The second kappa shape index (κ2) is 6.24. The van der Waals surface area contributed by atoms with Crippen LogP contribution in [-0.2, 0) is 13.2 Å². The smallest absolute Gasteiger partial charge is 0.138 e. The standard InChI is InChI=1S/C14H11Cl2FO2/c15-11-2-1-3-13(17)10(11)8-19-14-5-4-9(7-18)6-12(14)16/h1-6,18H,7-8H2. The summed E-state index contributed by atoms with van der Waals surface area (Å²) >= 11 is 11.9. The van der Waals surface area contributed by atoms with E-state index in [2.05, 4.69) is 0 Å². The van der Waals surface area contributed by atoms with Crippen LogP contribution < -0.4 is 4.74 Å². The molecule has 19 heavy (non-hydrogen) atoms. The van der Waals surface area contributed by atoms with Gasteiger partial charge in [-0.15, -0.1) is 0 Å². The van der Waals surface area contributed by atoms with Crippen molar-refractivity contribution in [2.24, 2.45) is 0 Å². The Morgan fingerprint density at radius 2 is 1.89 bits per heavy atom. The van der Waals surface area contributed by atoms with Crippen molar-refractivity contribution in [3.63, 3.8) is 0 Å². The van der Waals surface area contributed by atoms with Gasteiger partial charge in [0.25, 0.3) is 0 Å². The predicted octanol–water partition coefficient (Wildman–Crippen LogP) is 4.20. The van der Waals surface area contributed by atoms with Gasteiger partial charge in [0.1, 0.15) is 18.2 Å². The topological polar surface area (TPSA) is 29.5 Å². The number of ether oxygens (including phenoxy) is 1. The highest BCUT2D eigenvalue weighted by Crippen LogP contribution is 2.28. The summed E-state index contributed by atoms with van der Waals surface area (Å²) in [6, 6.07) is 9.36. The lowest BCUT2D eigenvalue weighted by molar-refractivity contribution is 0.280. The van der Waals surface area contributed by atoms with E-state index in [1.807, 2.05) is 0 Å². The van der Waals surface area contributed by atoms with Crippen molar-refractivity contribution < 1.29 is 14.2 Å². The van der Waals surface area contributed by atoms with Gasteiger partial charge in [-0.05, 0) is 29.8 Å². The van der Waals surface area contributed by atoms with Gasteiger partial charge in [-0.1, -0.05) is 35.3 Å². The lowest BCUT2D eigenvalue weighted by Crippen LogP contribution is -2.00. The van der Waals surface area contributed by atoms with E-state index in [-0.39, 0.29) is 18.8 Å². The monoisotopic (exact) mass is 300 g/mol. The molecule has 0 unspecified atom stereocenters. The maximum absolute atomic E-state index is 13.5. The number of benzene rings is 2. The molecule has 0 atom stereocenters. The number of aliphatic hydroxyl groups excluding tert-OH is 1. The molecule has 0 aliphatic carbocycles. The van der Waals surface area contributed by atoms with Crippen LogP contribution in [0.5, 0.6) is 5.75 Å². The van der Waals surface area contributed by atoms with Gasteiger partial charge in [0, 0.05) is 5.56 Å². The molecule has 0 radical (unpaired) electrons. The average molecular weight is 301 g/mol. The zero-order chi connectivity index (χ0) is 13.8. The fraction of sp³-hybridized carbons (Fsp3) is 0.143. The summed E-state index contributed by atoms with van der Waals surface area (Å²) in [5, 5.41) is 9.64. The van der Waals surface area contributed by atoms with Crippen LogP contribution in [0.15, 0.2) is 36.4 Å². The highest BCUT2D eigenvalue weighted by atomic mass is 35.5. The maximum Gasteiger partial charge on any atom is 0.138 e. The highest BCUT2D eigenvalue weighted by molar-refractivity contribution is 6.32. The second-order valence-corrected chi connectivity index (χ2v) is 4.73. The molecule has 100 valence electrons. The fourth-order valence-electron chi connectivity index (χ4n) is 1.58. The first-order valence-corrected chi connectivity index (χ1v) is 6.32. The van der Waals surface area contributed by atoms with E-state index in [1.165, 1.54) is 12.1 Å². The van der Waals surface area contributed by atoms with Crippen LogP contribution in [0.2, 0.25) is 10.0 Å². The molecule has 2 aromatic rings. The number of aliphatic hydroxyl groups is 1. The van der Waals surface area contributed by atoms with Crippen molar-refractivity contribution in [3.05, 3.63) is 63.4 Å². The number of halogens is 3. The lowest BCUT2D eigenvalue weighted by Gasteiger charge is -2.10. The molecule has 2 nitrogen and oxygen atoms in total. The molecule has 0 saturated carbocycles. The summed E-state index contributed by atoms with van der Waals surface area (Å²) in [7, 11) is 0. The summed E-state index contributed by atoms with van der Waals surface area (Å²) in [5.74, 6) is -0.00575. The first kappa shape index (κ1) is 14.1. The Kier molecular flexibility index (Phi) is 4.64. The van der Waals surface area contributed by atoms with Crippen molar-refractivity contribution in [1.29, 1.82) is 0 Å². The van der Waals surface area contributed by atoms with E-state index in [4.69, 9.17) is 33.0 Å². The number of hydrogen-bond acceptors (Lipinski definition) is 2. The summed E-state index contributed by atoms with van der Waals surface area (Å²) in [6.45, 7) is -0.108. The zero-order valence-corrected chi connectivity index (χ0v) is 11.4. The van der Waals surface area contributed by atoms with Gasteiger partial charge in [-0.3, -0.25) is 0 Å². The normalized spacial score (nSPS) is 10.5. The van der Waals surface area contributed by atoms with Gasteiger partial charge in [-0.25, -0.2) is 4.39 Å². The first-order chi connectivity index (χ1) is 9.11. The number of hydrogen-bond donors (Lipinski definition) is 1. The summed E-state index contributed by atoms with van der Waals surface area (Å²) in [5.41, 5.74) is 0.966. The Hall–Kier alpha value is -1.29. The van der Waals surface area contributed by atoms with Crippen molar-refractivity contribution in [2.45, 2.75) is 13.2 Å². The van der Waals surface area contributed by atoms with Crippen LogP contribution in [0.4, 0.5) is 4.39 Å². The van der Waals surface area contributed by atoms with Crippen molar-refractivity contribution in [1.82, 2.24) is 0 Å². The number of rotatable bonds is 4. The third-order valence-corrected chi connectivity index (χ3v) is 3.26. The van der Waals surface area contributed by atoms with Crippen molar-refractivity contribution in [3.8, 4) is 5.75 Å². The Bertz CT molecular complexity index is 567. The molecule has 0 saturated heterocycles. The highest BCUT2D eigenvalue weighted by Gasteiger charge is 2.09. The lowest BCUT2D eigenvalue weighted by atomic mass is 10.2. The van der Waals surface area contributed by atoms with Crippen LogP contribution in [-0.4, -0.2) is 5.11 Å². The van der Waals surface area contributed by atoms with Crippen LogP contribution >= 0.6 is 23.2 Å². The SMILES string of the molecule is OCc1ccc(OCc2c(F)cccc2Cl)c(Cl)c1. The van der Waals surface area contributed by atoms with E-state index < -0.39 is 5.82 Å². The molecule has 0 heterocycles. The van der Waals surface area contributed by atoms with Gasteiger partial charge >= 0.3 is 0 Å². The van der Waals surface area contributed by atoms with Gasteiger partial charge < -0.3 is 9.84 Å². The Labute approximate surface area is 120 Å². The van der Waals surface area contributed by atoms with Gasteiger partial charge in [0.05, 0.1) is 16.7 Å². The minimum atomic E-state index is -0.421. The van der Waals surface area contributed by atoms with Crippen LogP contribution in [0.1, 0.15) is 11.1 Å². The second-order valence-electron chi connectivity index (χ2n) is 3.91. The zero-order valence-electron chi connectivity index (χ0n) is 9.87. The first-order valence-electron chi connectivity index (χ1n) is 5.57. The van der Waals surface area contributed by atoms with Crippen molar-refractivity contribution in [2.75, 3.05) is 0 Å². The van der Waals surface area contributed by atoms with E-state index in [1.54, 1.807) is 24.3 Å². The van der Waals surface area contributed by atoms with Gasteiger partial charge in [0.2, 0.25) is 0 Å². The summed E-state index contributed by atoms with van der Waals surface area (Å²) < 4.78 is 19.0. The largest absolute Gasteiger partial charge is 0.487 e. The Balaban J connectivity index is 2.15. The molecule has 0 aliphatic rings. The van der Waals surface area contributed by atoms with Crippen LogP contribution in [0, 0.1) is 5.82 Å². The van der Waals surface area contributed by atoms with Crippen LogP contribution in [0.25, 0.3) is 0 Å². The molecule has 1 N–H and O–H groups in total. The van der Waals surface area contributed by atoms with E-state index in [9.17, 15) is 4.39 Å². The van der Waals surface area contributed by atoms with Gasteiger partial charge in [-0.2, -0.15) is 0 Å². The van der Waals surface area contributed by atoms with E-state index in [0.717, 1.165) is 0 Å². The van der Waals surface area contributed by atoms with Gasteiger partial charge in [0.15, 0.2) is 0 Å². The maximum atomic E-state index is 13.5. The minimum absolute atomic E-state index is 0.0102. The molecular formula is C14H11Cl2FO2. The molecule has 0 aromatic heterocycles. The molecule has 2 rings (SSSR count). The molecule has 0 bridgehead atoms. The van der Waals surface area contributed by atoms with E-state index in [0.29, 0.717) is 21.4 Å². The van der Waals surface area contributed by atoms with Crippen LogP contribution in [0.3, 0.4) is 0 Å². The Morgan fingerprint density at radius 1 is 1.11 bits per heavy atom. The molecule has 0 fully saturated rings. The third kappa shape index (κ3) is 3.38. The molecule has 0 spiro atoms. The summed E-state index contributed by atoms with van der Waals surface area (Å²) in [6.07, 6.45) is 0. The molecule has 0 amide bonds. The van der Waals surface area contributed by atoms with E-state index >= 15 is 0 Å². The van der Waals surface area contributed by atoms with Crippen molar-refractivity contribution >= 4 is 23.2 Å². The fourth-order valence-corrected chi connectivity index (χ4v) is 2.06. The quantitative estimate of drug-likeness (QED) is 0.917. The summed E-state index contributed by atoms with van der Waals surface area (Å²) in [4.78, 5) is 0. The average Bonchev–Trinajstić information content (AvgIpc) is 2.39. The minimum Gasteiger partial charge on any atom is -0.487 e. The molecular weight excluding hydrogens is 290 g/mol.